The molecule has 0 aromatic heterocycles. The Bertz CT molecular complexity index is 466. The average molecular weight is 508 g/mol. The first kappa shape index (κ1) is 25.5. The molecule has 0 radical (unpaired) electrons. The van der Waals surface area contributed by atoms with Gasteiger partial charge in [0.15, 0.2) is 5.96 Å². The topological polar surface area (TPSA) is 60.0 Å². The van der Waals surface area contributed by atoms with E-state index >= 15 is 0 Å². The first-order valence-corrected chi connectivity index (χ1v) is 11.1. The summed E-state index contributed by atoms with van der Waals surface area (Å²) >= 11 is 0. The Balaban J connectivity index is 0.00000392. The molecule has 1 saturated carbocycles. The largest absolute Gasteiger partial charge is 0.357 e. The normalized spacial score (nSPS) is 20.8. The standard InChI is InChI=1S/C21H41N5O.HI/c1-4-22-21(23-14-7-12-18-10-5-6-11-18)24-15-9-17-26-16-8-13-19(26)20(27)25(2)3;/h18-19H,4-17H2,1-3H3,(H2,22,23,24);1H. The number of likely N-dealkylation sites (N-methyl/N-ethyl adjacent to an activating group) is 1. The molecule has 2 aliphatic rings. The third-order valence-electron chi connectivity index (χ3n) is 5.86. The lowest BCUT2D eigenvalue weighted by Gasteiger charge is -2.25. The second-order valence-electron chi connectivity index (χ2n) is 8.26. The minimum atomic E-state index is 0. The highest BCUT2D eigenvalue weighted by molar-refractivity contribution is 14.0. The van der Waals surface area contributed by atoms with Crippen LogP contribution in [0.5, 0.6) is 0 Å². The molecule has 0 aromatic rings. The van der Waals surface area contributed by atoms with Crippen LogP contribution >= 0.6 is 24.0 Å². The van der Waals surface area contributed by atoms with E-state index in [4.69, 9.17) is 4.99 Å². The Morgan fingerprint density at radius 3 is 2.54 bits per heavy atom. The lowest BCUT2D eigenvalue weighted by atomic mass is 10.0. The van der Waals surface area contributed by atoms with Crippen molar-refractivity contribution < 1.29 is 4.79 Å². The highest BCUT2D eigenvalue weighted by Gasteiger charge is 2.30. The van der Waals surface area contributed by atoms with Crippen LogP contribution in [0.4, 0.5) is 0 Å². The average Bonchev–Trinajstić information content (AvgIpc) is 3.33. The fraction of sp³-hybridized carbons (Fsp3) is 0.905. The van der Waals surface area contributed by atoms with Crippen molar-refractivity contribution >= 4 is 35.8 Å². The molecule has 1 saturated heterocycles. The molecule has 6 nitrogen and oxygen atoms in total. The second kappa shape index (κ2) is 14.4. The maximum absolute atomic E-state index is 12.3. The summed E-state index contributed by atoms with van der Waals surface area (Å²) in [5, 5.41) is 6.83. The summed E-state index contributed by atoms with van der Waals surface area (Å²) in [5.74, 6) is 2.14. The first-order chi connectivity index (χ1) is 13.1. The SMILES string of the molecule is CCNC(=NCCCN1CCCC1C(=O)N(C)C)NCCCC1CCCC1.I. The van der Waals surface area contributed by atoms with Gasteiger partial charge >= 0.3 is 0 Å². The number of likely N-dealkylation sites (tertiary alicyclic amines) is 1. The van der Waals surface area contributed by atoms with E-state index < -0.39 is 0 Å². The summed E-state index contributed by atoms with van der Waals surface area (Å²) in [6.45, 7) is 6.80. The van der Waals surface area contributed by atoms with E-state index in [1.54, 1.807) is 4.90 Å². The number of carbonyl (C=O) groups excluding carboxylic acids is 1. The fourth-order valence-electron chi connectivity index (χ4n) is 4.37. The van der Waals surface area contributed by atoms with Gasteiger partial charge in [-0.2, -0.15) is 0 Å². The number of nitrogens with zero attached hydrogens (tertiary/aromatic N) is 3. The zero-order valence-corrected chi connectivity index (χ0v) is 20.5. The van der Waals surface area contributed by atoms with Crippen molar-refractivity contribution in [2.24, 2.45) is 10.9 Å². The van der Waals surface area contributed by atoms with E-state index in [9.17, 15) is 4.79 Å². The van der Waals surface area contributed by atoms with Crippen molar-refractivity contribution in [1.29, 1.82) is 0 Å². The fourth-order valence-corrected chi connectivity index (χ4v) is 4.37. The number of guanidine groups is 1. The minimum absolute atomic E-state index is 0. The maximum Gasteiger partial charge on any atom is 0.239 e. The molecule has 1 atom stereocenters. The van der Waals surface area contributed by atoms with Crippen molar-refractivity contribution in [3.8, 4) is 0 Å². The Morgan fingerprint density at radius 1 is 1.11 bits per heavy atom. The molecule has 0 aromatic carbocycles. The molecule has 2 N–H and O–H groups in total. The third-order valence-corrected chi connectivity index (χ3v) is 5.86. The Morgan fingerprint density at radius 2 is 1.86 bits per heavy atom. The summed E-state index contributed by atoms with van der Waals surface area (Å²) in [6, 6.07) is 0.0749. The van der Waals surface area contributed by atoms with Gasteiger partial charge in [-0.3, -0.25) is 14.7 Å². The van der Waals surface area contributed by atoms with Crippen LogP contribution < -0.4 is 10.6 Å². The molecule has 0 spiro atoms. The summed E-state index contributed by atoms with van der Waals surface area (Å²) < 4.78 is 0. The summed E-state index contributed by atoms with van der Waals surface area (Å²) in [4.78, 5) is 21.0. The highest BCUT2D eigenvalue weighted by atomic mass is 127. The number of amides is 1. The summed E-state index contributed by atoms with van der Waals surface area (Å²) in [7, 11) is 3.70. The van der Waals surface area contributed by atoms with Crippen LogP contribution in [0.15, 0.2) is 4.99 Å². The molecule has 7 heteroatoms. The van der Waals surface area contributed by atoms with Crippen LogP contribution in [0.25, 0.3) is 0 Å². The van der Waals surface area contributed by atoms with Crippen molar-refractivity contribution in [1.82, 2.24) is 20.4 Å². The number of hydrogen-bond acceptors (Lipinski definition) is 3. The number of aliphatic imine (C=N–C) groups is 1. The molecule has 1 aliphatic carbocycles. The Labute approximate surface area is 189 Å². The van der Waals surface area contributed by atoms with Gasteiger partial charge in [0.2, 0.25) is 5.91 Å². The van der Waals surface area contributed by atoms with Gasteiger partial charge in [-0.25, -0.2) is 0 Å². The van der Waals surface area contributed by atoms with Crippen LogP contribution in [0.3, 0.4) is 0 Å². The zero-order valence-electron chi connectivity index (χ0n) is 18.2. The highest BCUT2D eigenvalue weighted by Crippen LogP contribution is 2.28. The minimum Gasteiger partial charge on any atom is -0.357 e. The Kier molecular flexibility index (Phi) is 13.1. The zero-order chi connectivity index (χ0) is 19.5. The van der Waals surface area contributed by atoms with Crippen LogP contribution in [-0.4, -0.2) is 74.5 Å². The predicted molar refractivity (Wildman–Crippen MR) is 128 cm³/mol. The smallest absolute Gasteiger partial charge is 0.239 e. The molecule has 164 valence electrons. The van der Waals surface area contributed by atoms with Gasteiger partial charge in [0.05, 0.1) is 6.04 Å². The second-order valence-corrected chi connectivity index (χ2v) is 8.26. The van der Waals surface area contributed by atoms with Gasteiger partial charge in [0.1, 0.15) is 0 Å². The van der Waals surface area contributed by atoms with Gasteiger partial charge in [-0.05, 0) is 51.5 Å². The van der Waals surface area contributed by atoms with E-state index in [1.165, 1.54) is 38.5 Å². The van der Waals surface area contributed by atoms with E-state index in [0.29, 0.717) is 0 Å². The van der Waals surface area contributed by atoms with Crippen molar-refractivity contribution in [3.05, 3.63) is 0 Å². The lowest BCUT2D eigenvalue weighted by molar-refractivity contribution is -0.133. The molecule has 2 rings (SSSR count). The summed E-state index contributed by atoms with van der Waals surface area (Å²) in [6.07, 6.45) is 11.4. The number of halogens is 1. The van der Waals surface area contributed by atoms with E-state index in [0.717, 1.165) is 63.9 Å². The van der Waals surface area contributed by atoms with Gasteiger partial charge < -0.3 is 15.5 Å². The predicted octanol–water partition coefficient (Wildman–Crippen LogP) is 3.07. The number of rotatable bonds is 10. The molecule has 1 heterocycles. The van der Waals surface area contributed by atoms with Crippen LogP contribution in [-0.2, 0) is 4.79 Å². The van der Waals surface area contributed by atoms with Crippen LogP contribution in [0, 0.1) is 5.92 Å². The molecular formula is C21H42IN5O. The summed E-state index contributed by atoms with van der Waals surface area (Å²) in [5.41, 5.74) is 0. The quantitative estimate of drug-likeness (QED) is 0.207. The van der Waals surface area contributed by atoms with Crippen molar-refractivity contribution in [3.63, 3.8) is 0 Å². The van der Waals surface area contributed by atoms with Crippen LogP contribution in [0.2, 0.25) is 0 Å². The van der Waals surface area contributed by atoms with Crippen LogP contribution in [0.1, 0.15) is 64.7 Å². The first-order valence-electron chi connectivity index (χ1n) is 11.1. The molecular weight excluding hydrogens is 465 g/mol. The van der Waals surface area contributed by atoms with Gasteiger partial charge in [0, 0.05) is 40.3 Å². The van der Waals surface area contributed by atoms with Gasteiger partial charge in [-0.1, -0.05) is 25.7 Å². The number of carbonyl (C=O) groups is 1. The molecule has 28 heavy (non-hydrogen) atoms. The molecule has 0 bridgehead atoms. The molecule has 2 fully saturated rings. The third kappa shape index (κ3) is 8.84. The number of hydrogen-bond donors (Lipinski definition) is 2. The van der Waals surface area contributed by atoms with E-state index in [1.807, 2.05) is 14.1 Å². The van der Waals surface area contributed by atoms with Gasteiger partial charge in [0.25, 0.3) is 0 Å². The lowest BCUT2D eigenvalue weighted by Crippen LogP contribution is -2.43. The molecule has 1 aliphatic heterocycles. The van der Waals surface area contributed by atoms with Crippen molar-refractivity contribution in [2.75, 3.05) is 46.8 Å². The monoisotopic (exact) mass is 507 g/mol. The van der Waals surface area contributed by atoms with Gasteiger partial charge in [-0.15, -0.1) is 24.0 Å². The molecule has 1 amide bonds. The van der Waals surface area contributed by atoms with E-state index in [-0.39, 0.29) is 35.9 Å². The Hall–Kier alpha value is -0.570. The molecule has 1 unspecified atom stereocenters. The maximum atomic E-state index is 12.3. The number of nitrogens with one attached hydrogen (secondary N) is 2. The van der Waals surface area contributed by atoms with E-state index in [2.05, 4.69) is 22.5 Å². The van der Waals surface area contributed by atoms with Crippen molar-refractivity contribution in [2.45, 2.75) is 70.8 Å².